The highest BCUT2D eigenvalue weighted by Crippen LogP contribution is 2.25. The van der Waals surface area contributed by atoms with Crippen LogP contribution in [0.3, 0.4) is 0 Å². The van der Waals surface area contributed by atoms with E-state index in [9.17, 15) is 4.79 Å². The Morgan fingerprint density at radius 2 is 2.00 bits per heavy atom. The number of aldehydes is 1. The summed E-state index contributed by atoms with van der Waals surface area (Å²) in [6.45, 7) is 2.05. The van der Waals surface area contributed by atoms with E-state index < -0.39 is 0 Å². The lowest BCUT2D eigenvalue weighted by Crippen LogP contribution is -1.84. The SMILES string of the molecule is CCc1cc(-c2ccc(Cl)cc2)c(C=O)[nH]1. The van der Waals surface area contributed by atoms with Crippen LogP contribution in [0.5, 0.6) is 0 Å². The zero-order valence-corrected chi connectivity index (χ0v) is 9.71. The predicted octanol–water partition coefficient (Wildman–Crippen LogP) is 3.71. The third kappa shape index (κ3) is 2.02. The molecule has 1 aromatic heterocycles. The molecule has 2 rings (SSSR count). The lowest BCUT2D eigenvalue weighted by atomic mass is 10.1. The Labute approximate surface area is 99.3 Å². The van der Waals surface area contributed by atoms with Crippen molar-refractivity contribution in [2.45, 2.75) is 13.3 Å². The molecule has 0 atom stereocenters. The van der Waals surface area contributed by atoms with Crippen LogP contribution in [-0.4, -0.2) is 11.3 Å². The maximum Gasteiger partial charge on any atom is 0.166 e. The summed E-state index contributed by atoms with van der Waals surface area (Å²) < 4.78 is 0. The molecular weight excluding hydrogens is 222 g/mol. The number of halogens is 1. The normalized spacial score (nSPS) is 10.4. The molecule has 1 aromatic carbocycles. The fourth-order valence-electron chi connectivity index (χ4n) is 1.68. The molecular formula is C13H12ClNO. The van der Waals surface area contributed by atoms with Crippen LogP contribution < -0.4 is 0 Å². The molecule has 1 N–H and O–H groups in total. The van der Waals surface area contributed by atoms with E-state index in [4.69, 9.17) is 11.6 Å². The molecule has 3 heteroatoms. The summed E-state index contributed by atoms with van der Waals surface area (Å²) in [5.41, 5.74) is 3.62. The van der Waals surface area contributed by atoms with E-state index in [-0.39, 0.29) is 0 Å². The summed E-state index contributed by atoms with van der Waals surface area (Å²) in [5.74, 6) is 0. The molecule has 2 aromatic rings. The van der Waals surface area contributed by atoms with Crippen molar-refractivity contribution in [2.24, 2.45) is 0 Å². The van der Waals surface area contributed by atoms with Gasteiger partial charge >= 0.3 is 0 Å². The molecule has 2 nitrogen and oxygen atoms in total. The Kier molecular flexibility index (Phi) is 3.11. The minimum atomic E-state index is 0.624. The number of carbonyl (C=O) groups excluding carboxylic acids is 1. The van der Waals surface area contributed by atoms with Crippen molar-refractivity contribution in [1.29, 1.82) is 0 Å². The quantitative estimate of drug-likeness (QED) is 0.806. The van der Waals surface area contributed by atoms with Gasteiger partial charge in [-0.2, -0.15) is 0 Å². The third-order valence-corrected chi connectivity index (χ3v) is 2.81. The summed E-state index contributed by atoms with van der Waals surface area (Å²) in [6, 6.07) is 9.48. The van der Waals surface area contributed by atoms with Gasteiger partial charge in [0, 0.05) is 16.3 Å². The van der Waals surface area contributed by atoms with Crippen molar-refractivity contribution in [1.82, 2.24) is 4.98 Å². The number of nitrogens with one attached hydrogen (secondary N) is 1. The van der Waals surface area contributed by atoms with E-state index in [1.165, 1.54) is 0 Å². The van der Waals surface area contributed by atoms with Gasteiger partial charge in [0.1, 0.15) is 0 Å². The van der Waals surface area contributed by atoms with Gasteiger partial charge in [-0.3, -0.25) is 4.79 Å². The predicted molar refractivity (Wildman–Crippen MR) is 66.0 cm³/mol. The summed E-state index contributed by atoms with van der Waals surface area (Å²) in [7, 11) is 0. The van der Waals surface area contributed by atoms with Crippen molar-refractivity contribution >= 4 is 17.9 Å². The van der Waals surface area contributed by atoms with Crippen molar-refractivity contribution in [3.05, 3.63) is 46.7 Å². The number of hydrogen-bond acceptors (Lipinski definition) is 1. The molecule has 0 unspecified atom stereocenters. The van der Waals surface area contributed by atoms with Gasteiger partial charge in [-0.15, -0.1) is 0 Å². The van der Waals surface area contributed by atoms with Gasteiger partial charge in [0.25, 0.3) is 0 Å². The molecule has 0 radical (unpaired) electrons. The first kappa shape index (κ1) is 11.0. The maximum absolute atomic E-state index is 10.9. The van der Waals surface area contributed by atoms with E-state index in [0.29, 0.717) is 10.7 Å². The summed E-state index contributed by atoms with van der Waals surface area (Å²) in [5, 5.41) is 0.697. The van der Waals surface area contributed by atoms with Gasteiger partial charge < -0.3 is 4.98 Å². The second kappa shape index (κ2) is 4.54. The molecule has 0 bridgehead atoms. The third-order valence-electron chi connectivity index (χ3n) is 2.56. The number of benzene rings is 1. The molecule has 0 spiro atoms. The van der Waals surface area contributed by atoms with Gasteiger partial charge in [0.05, 0.1) is 5.69 Å². The van der Waals surface area contributed by atoms with Gasteiger partial charge in [-0.05, 0) is 30.2 Å². The van der Waals surface area contributed by atoms with Crippen LogP contribution in [0, 0.1) is 0 Å². The topological polar surface area (TPSA) is 32.9 Å². The summed E-state index contributed by atoms with van der Waals surface area (Å²) in [6.07, 6.45) is 1.73. The first-order valence-electron chi connectivity index (χ1n) is 5.17. The van der Waals surface area contributed by atoms with Crippen molar-refractivity contribution in [3.8, 4) is 11.1 Å². The van der Waals surface area contributed by atoms with Crippen LogP contribution in [-0.2, 0) is 6.42 Å². The average Bonchev–Trinajstić information content (AvgIpc) is 2.73. The minimum absolute atomic E-state index is 0.624. The smallest absolute Gasteiger partial charge is 0.166 e. The van der Waals surface area contributed by atoms with Crippen LogP contribution in [0.2, 0.25) is 5.02 Å². The maximum atomic E-state index is 10.9. The summed E-state index contributed by atoms with van der Waals surface area (Å²) in [4.78, 5) is 14.0. The molecule has 0 fully saturated rings. The zero-order valence-electron chi connectivity index (χ0n) is 8.96. The fraction of sp³-hybridized carbons (Fsp3) is 0.154. The number of H-pyrrole nitrogens is 1. The van der Waals surface area contributed by atoms with E-state index >= 15 is 0 Å². The van der Waals surface area contributed by atoms with Crippen molar-refractivity contribution in [2.75, 3.05) is 0 Å². The van der Waals surface area contributed by atoms with Crippen LogP contribution in [0.1, 0.15) is 23.1 Å². The Hall–Kier alpha value is -1.54. The van der Waals surface area contributed by atoms with Gasteiger partial charge in [0.2, 0.25) is 0 Å². The Morgan fingerprint density at radius 1 is 1.31 bits per heavy atom. The summed E-state index contributed by atoms with van der Waals surface area (Å²) >= 11 is 5.83. The zero-order chi connectivity index (χ0) is 11.5. The average molecular weight is 234 g/mol. The highest BCUT2D eigenvalue weighted by Gasteiger charge is 2.08. The van der Waals surface area contributed by atoms with Crippen LogP contribution in [0.15, 0.2) is 30.3 Å². The lowest BCUT2D eigenvalue weighted by molar-refractivity contribution is 0.112. The molecule has 0 saturated carbocycles. The van der Waals surface area contributed by atoms with E-state index in [1.807, 2.05) is 37.3 Å². The Morgan fingerprint density at radius 3 is 2.56 bits per heavy atom. The van der Waals surface area contributed by atoms with Gasteiger partial charge in [0.15, 0.2) is 6.29 Å². The number of carbonyl (C=O) groups is 1. The minimum Gasteiger partial charge on any atom is -0.356 e. The van der Waals surface area contributed by atoms with E-state index in [0.717, 1.165) is 29.5 Å². The van der Waals surface area contributed by atoms with E-state index in [2.05, 4.69) is 4.98 Å². The molecule has 0 aliphatic heterocycles. The second-order valence-electron chi connectivity index (χ2n) is 3.60. The Bertz CT molecular complexity index is 499. The highest BCUT2D eigenvalue weighted by molar-refractivity contribution is 6.30. The van der Waals surface area contributed by atoms with Crippen LogP contribution >= 0.6 is 11.6 Å². The first-order valence-corrected chi connectivity index (χ1v) is 5.55. The number of hydrogen-bond donors (Lipinski definition) is 1. The number of rotatable bonds is 3. The van der Waals surface area contributed by atoms with Crippen LogP contribution in [0.4, 0.5) is 0 Å². The standard InChI is InChI=1S/C13H12ClNO/c1-2-11-7-12(13(8-16)15-11)9-3-5-10(14)6-4-9/h3-8,15H,2H2,1H3. The fourth-order valence-corrected chi connectivity index (χ4v) is 1.81. The number of aromatic amines is 1. The lowest BCUT2D eigenvalue weighted by Gasteiger charge is -1.98. The molecule has 0 saturated heterocycles. The van der Waals surface area contributed by atoms with Gasteiger partial charge in [-0.25, -0.2) is 0 Å². The second-order valence-corrected chi connectivity index (χ2v) is 4.04. The first-order chi connectivity index (χ1) is 7.74. The molecule has 0 amide bonds. The van der Waals surface area contributed by atoms with Crippen molar-refractivity contribution < 1.29 is 4.79 Å². The number of aromatic nitrogens is 1. The van der Waals surface area contributed by atoms with E-state index in [1.54, 1.807) is 0 Å². The number of aryl methyl sites for hydroxylation is 1. The Balaban J connectivity index is 2.49. The molecule has 16 heavy (non-hydrogen) atoms. The van der Waals surface area contributed by atoms with Crippen LogP contribution in [0.25, 0.3) is 11.1 Å². The molecule has 0 aliphatic rings. The monoisotopic (exact) mass is 233 g/mol. The largest absolute Gasteiger partial charge is 0.356 e. The highest BCUT2D eigenvalue weighted by atomic mass is 35.5. The molecule has 0 aliphatic carbocycles. The molecule has 82 valence electrons. The van der Waals surface area contributed by atoms with Gasteiger partial charge in [-0.1, -0.05) is 30.7 Å². The van der Waals surface area contributed by atoms with Crippen molar-refractivity contribution in [3.63, 3.8) is 0 Å². The molecule has 1 heterocycles.